The highest BCUT2D eigenvalue weighted by molar-refractivity contribution is 5.95. The van der Waals surface area contributed by atoms with E-state index in [9.17, 15) is 9.59 Å². The third kappa shape index (κ3) is 4.54. The SMILES string of the molecule is CCN1CCN(C(=O)C2CCN(C(=O)c3ccnc(-c4ccccc4)c3)CC2)CC1. The molecule has 2 saturated heterocycles. The van der Waals surface area contributed by atoms with Gasteiger partial charge in [-0.1, -0.05) is 37.3 Å². The fourth-order valence-electron chi connectivity index (χ4n) is 4.39. The van der Waals surface area contributed by atoms with E-state index in [4.69, 9.17) is 0 Å². The molecule has 1 aromatic carbocycles. The van der Waals surface area contributed by atoms with E-state index in [1.165, 1.54) is 0 Å². The van der Waals surface area contributed by atoms with Gasteiger partial charge in [0.1, 0.15) is 0 Å². The molecule has 0 aliphatic carbocycles. The number of likely N-dealkylation sites (tertiary alicyclic amines) is 1. The number of aromatic nitrogens is 1. The molecule has 0 bridgehead atoms. The summed E-state index contributed by atoms with van der Waals surface area (Å²) in [5.74, 6) is 0.338. The van der Waals surface area contributed by atoms with Gasteiger partial charge in [-0.3, -0.25) is 14.6 Å². The molecule has 0 spiro atoms. The molecule has 3 heterocycles. The van der Waals surface area contributed by atoms with Gasteiger partial charge in [0.25, 0.3) is 5.91 Å². The Morgan fingerprint density at radius 1 is 0.933 bits per heavy atom. The van der Waals surface area contributed by atoms with E-state index in [-0.39, 0.29) is 17.7 Å². The van der Waals surface area contributed by atoms with Gasteiger partial charge in [-0.2, -0.15) is 0 Å². The number of amides is 2. The average molecular weight is 407 g/mol. The number of pyridine rings is 1. The number of benzene rings is 1. The lowest BCUT2D eigenvalue weighted by molar-refractivity contribution is -0.138. The molecule has 0 saturated carbocycles. The molecule has 0 radical (unpaired) electrons. The maximum Gasteiger partial charge on any atom is 0.253 e. The van der Waals surface area contributed by atoms with E-state index in [0.29, 0.717) is 18.7 Å². The summed E-state index contributed by atoms with van der Waals surface area (Å²) in [6.07, 6.45) is 3.19. The first kappa shape index (κ1) is 20.5. The molecule has 0 N–H and O–H groups in total. The van der Waals surface area contributed by atoms with Crippen LogP contribution >= 0.6 is 0 Å². The van der Waals surface area contributed by atoms with Crippen LogP contribution in [0.15, 0.2) is 48.7 Å². The van der Waals surface area contributed by atoms with Crippen LogP contribution in [0.2, 0.25) is 0 Å². The molecule has 1 aromatic heterocycles. The van der Waals surface area contributed by atoms with Crippen LogP contribution in [0.25, 0.3) is 11.3 Å². The number of hydrogen-bond donors (Lipinski definition) is 0. The summed E-state index contributed by atoms with van der Waals surface area (Å²) in [6, 6.07) is 13.5. The van der Waals surface area contributed by atoms with Crippen molar-refractivity contribution in [2.45, 2.75) is 19.8 Å². The summed E-state index contributed by atoms with van der Waals surface area (Å²) in [6.45, 7) is 8.05. The first-order valence-electron chi connectivity index (χ1n) is 11.0. The summed E-state index contributed by atoms with van der Waals surface area (Å²) < 4.78 is 0. The zero-order chi connectivity index (χ0) is 20.9. The van der Waals surface area contributed by atoms with Gasteiger partial charge in [0.2, 0.25) is 5.91 Å². The van der Waals surface area contributed by atoms with Crippen molar-refractivity contribution in [3.8, 4) is 11.3 Å². The number of likely N-dealkylation sites (N-methyl/N-ethyl adjacent to an activating group) is 1. The number of rotatable bonds is 4. The van der Waals surface area contributed by atoms with Crippen LogP contribution in [-0.2, 0) is 4.79 Å². The van der Waals surface area contributed by atoms with Gasteiger partial charge < -0.3 is 14.7 Å². The molecule has 2 aliphatic rings. The lowest BCUT2D eigenvalue weighted by Crippen LogP contribution is -2.51. The van der Waals surface area contributed by atoms with Crippen LogP contribution in [0.3, 0.4) is 0 Å². The number of hydrogen-bond acceptors (Lipinski definition) is 4. The van der Waals surface area contributed by atoms with Gasteiger partial charge in [0.15, 0.2) is 0 Å². The first-order valence-corrected chi connectivity index (χ1v) is 11.0. The molecule has 2 amide bonds. The topological polar surface area (TPSA) is 56.8 Å². The van der Waals surface area contributed by atoms with E-state index < -0.39 is 0 Å². The second-order valence-electron chi connectivity index (χ2n) is 8.12. The van der Waals surface area contributed by atoms with E-state index in [2.05, 4.69) is 16.8 Å². The molecule has 2 aliphatic heterocycles. The normalized spacial score (nSPS) is 18.4. The van der Waals surface area contributed by atoms with Gasteiger partial charge in [-0.05, 0) is 31.5 Å². The van der Waals surface area contributed by atoms with E-state index in [0.717, 1.165) is 56.8 Å². The van der Waals surface area contributed by atoms with Crippen LogP contribution in [0.4, 0.5) is 0 Å². The molecule has 2 aromatic rings. The lowest BCUT2D eigenvalue weighted by atomic mass is 9.94. The molecule has 30 heavy (non-hydrogen) atoms. The zero-order valence-electron chi connectivity index (χ0n) is 17.7. The molecule has 4 rings (SSSR count). The minimum Gasteiger partial charge on any atom is -0.340 e. The summed E-state index contributed by atoms with van der Waals surface area (Å²) in [7, 11) is 0. The molecular formula is C24H30N4O2. The van der Waals surface area contributed by atoms with Crippen LogP contribution in [0, 0.1) is 5.92 Å². The zero-order valence-corrected chi connectivity index (χ0v) is 17.7. The molecule has 6 heteroatoms. The summed E-state index contributed by atoms with van der Waals surface area (Å²) >= 11 is 0. The van der Waals surface area contributed by atoms with Crippen LogP contribution in [-0.4, -0.2) is 77.3 Å². The Morgan fingerprint density at radius 3 is 2.30 bits per heavy atom. The maximum absolute atomic E-state index is 13.0. The first-order chi connectivity index (χ1) is 14.7. The monoisotopic (exact) mass is 406 g/mol. The third-order valence-electron chi connectivity index (χ3n) is 6.34. The summed E-state index contributed by atoms with van der Waals surface area (Å²) in [4.78, 5) is 36.6. The molecule has 0 atom stereocenters. The number of nitrogens with zero attached hydrogens (tertiary/aromatic N) is 4. The number of piperidine rings is 1. The van der Waals surface area contributed by atoms with E-state index in [1.807, 2.05) is 46.2 Å². The Hall–Kier alpha value is -2.73. The fraction of sp³-hybridized carbons (Fsp3) is 0.458. The highest BCUT2D eigenvalue weighted by Crippen LogP contribution is 2.23. The highest BCUT2D eigenvalue weighted by atomic mass is 16.2. The minimum absolute atomic E-state index is 0.0250. The van der Waals surface area contributed by atoms with Crippen LogP contribution in [0.1, 0.15) is 30.1 Å². The smallest absolute Gasteiger partial charge is 0.253 e. The van der Waals surface area contributed by atoms with E-state index in [1.54, 1.807) is 12.3 Å². The average Bonchev–Trinajstić information content (AvgIpc) is 2.84. The Balaban J connectivity index is 1.34. The summed E-state index contributed by atoms with van der Waals surface area (Å²) in [5, 5.41) is 0. The molecule has 2 fully saturated rings. The Bertz CT molecular complexity index is 870. The predicted molar refractivity (Wildman–Crippen MR) is 117 cm³/mol. The van der Waals surface area contributed by atoms with Crippen molar-refractivity contribution < 1.29 is 9.59 Å². The maximum atomic E-state index is 13.0. The van der Waals surface area contributed by atoms with Gasteiger partial charge in [0.05, 0.1) is 5.69 Å². The van der Waals surface area contributed by atoms with E-state index >= 15 is 0 Å². The second-order valence-corrected chi connectivity index (χ2v) is 8.12. The van der Waals surface area contributed by atoms with Crippen molar-refractivity contribution >= 4 is 11.8 Å². The largest absolute Gasteiger partial charge is 0.340 e. The number of piperazine rings is 1. The Labute approximate surface area is 178 Å². The minimum atomic E-state index is 0.0250. The van der Waals surface area contributed by atoms with Crippen molar-refractivity contribution in [1.29, 1.82) is 0 Å². The highest BCUT2D eigenvalue weighted by Gasteiger charge is 2.31. The predicted octanol–water partition coefficient (Wildman–Crippen LogP) is 2.76. The van der Waals surface area contributed by atoms with Gasteiger partial charge >= 0.3 is 0 Å². The standard InChI is InChI=1S/C24H30N4O2/c1-2-26-14-16-28(17-15-26)23(29)20-9-12-27(13-10-20)24(30)21-8-11-25-22(18-21)19-6-4-3-5-7-19/h3-8,11,18,20H,2,9-10,12-17H2,1H3. The fourth-order valence-corrected chi connectivity index (χ4v) is 4.39. The quantitative estimate of drug-likeness (QED) is 0.784. The van der Waals surface area contributed by atoms with Crippen LogP contribution < -0.4 is 0 Å². The molecule has 0 unspecified atom stereocenters. The second kappa shape index (κ2) is 9.39. The summed E-state index contributed by atoms with van der Waals surface area (Å²) in [5.41, 5.74) is 2.46. The van der Waals surface area contributed by atoms with Gasteiger partial charge in [-0.25, -0.2) is 0 Å². The Morgan fingerprint density at radius 2 is 1.63 bits per heavy atom. The van der Waals surface area contributed by atoms with Gasteiger partial charge in [0, 0.05) is 62.5 Å². The van der Waals surface area contributed by atoms with Crippen molar-refractivity contribution in [2.75, 3.05) is 45.8 Å². The number of carbonyl (C=O) groups excluding carboxylic acids is 2. The molecule has 6 nitrogen and oxygen atoms in total. The van der Waals surface area contributed by atoms with Crippen LogP contribution in [0.5, 0.6) is 0 Å². The Kier molecular flexibility index (Phi) is 6.43. The lowest BCUT2D eigenvalue weighted by Gasteiger charge is -2.38. The molecule has 158 valence electrons. The number of carbonyl (C=O) groups is 2. The van der Waals surface area contributed by atoms with Crippen molar-refractivity contribution in [3.05, 3.63) is 54.2 Å². The molecular weight excluding hydrogens is 376 g/mol. The van der Waals surface area contributed by atoms with Crippen molar-refractivity contribution in [1.82, 2.24) is 19.7 Å². The van der Waals surface area contributed by atoms with Crippen molar-refractivity contribution in [3.63, 3.8) is 0 Å². The van der Waals surface area contributed by atoms with Gasteiger partial charge in [-0.15, -0.1) is 0 Å². The third-order valence-corrected chi connectivity index (χ3v) is 6.34. The van der Waals surface area contributed by atoms with Crippen molar-refractivity contribution in [2.24, 2.45) is 5.92 Å².